The van der Waals surface area contributed by atoms with Crippen molar-refractivity contribution in [2.24, 2.45) is 0 Å². The molecule has 0 spiro atoms. The predicted molar refractivity (Wildman–Crippen MR) is 85.7 cm³/mol. The van der Waals surface area contributed by atoms with Crippen molar-refractivity contribution in [2.75, 3.05) is 5.73 Å². The number of nitrogens with zero attached hydrogens (tertiary/aromatic N) is 4. The van der Waals surface area contributed by atoms with Crippen LogP contribution in [-0.4, -0.2) is 19.8 Å². The van der Waals surface area contributed by atoms with E-state index >= 15 is 0 Å². The molecule has 2 heterocycles. The van der Waals surface area contributed by atoms with Crippen molar-refractivity contribution < 1.29 is 0 Å². The van der Waals surface area contributed by atoms with E-state index in [1.165, 1.54) is 5.56 Å². The lowest BCUT2D eigenvalue weighted by molar-refractivity contribution is 0.611. The van der Waals surface area contributed by atoms with Crippen LogP contribution in [0.2, 0.25) is 0 Å². The Kier molecular flexibility index (Phi) is 3.20. The SMILES string of the molecule is CC(C)c1nnc2sc(C(C)(C)c3ccc(N)cc3)nn12. The number of hydrogen-bond acceptors (Lipinski definition) is 5. The molecule has 0 atom stereocenters. The Hall–Kier alpha value is -1.95. The second kappa shape index (κ2) is 4.80. The van der Waals surface area contributed by atoms with E-state index in [4.69, 9.17) is 10.8 Å². The van der Waals surface area contributed by atoms with E-state index in [2.05, 4.69) is 50.0 Å². The summed E-state index contributed by atoms with van der Waals surface area (Å²) in [6.07, 6.45) is 0. The Morgan fingerprint density at radius 2 is 1.81 bits per heavy atom. The third-order valence-electron chi connectivity index (χ3n) is 3.70. The molecule has 6 heteroatoms. The molecule has 21 heavy (non-hydrogen) atoms. The Labute approximate surface area is 127 Å². The molecule has 0 fully saturated rings. The van der Waals surface area contributed by atoms with Crippen LogP contribution in [0.5, 0.6) is 0 Å². The van der Waals surface area contributed by atoms with Crippen molar-refractivity contribution in [3.63, 3.8) is 0 Å². The maximum absolute atomic E-state index is 5.77. The van der Waals surface area contributed by atoms with Gasteiger partial charge in [0.05, 0.1) is 0 Å². The molecule has 3 aromatic rings. The third-order valence-corrected chi connectivity index (χ3v) is 4.92. The van der Waals surface area contributed by atoms with Crippen LogP contribution in [0.3, 0.4) is 0 Å². The molecule has 110 valence electrons. The zero-order chi connectivity index (χ0) is 15.2. The topological polar surface area (TPSA) is 69.1 Å². The highest BCUT2D eigenvalue weighted by molar-refractivity contribution is 7.16. The summed E-state index contributed by atoms with van der Waals surface area (Å²) in [6, 6.07) is 7.97. The lowest BCUT2D eigenvalue weighted by Gasteiger charge is -2.22. The van der Waals surface area contributed by atoms with Gasteiger partial charge in [-0.3, -0.25) is 0 Å². The van der Waals surface area contributed by atoms with Crippen molar-refractivity contribution in [3.05, 3.63) is 40.7 Å². The first kappa shape index (κ1) is 14.0. The van der Waals surface area contributed by atoms with Gasteiger partial charge in [0.15, 0.2) is 5.82 Å². The van der Waals surface area contributed by atoms with Gasteiger partial charge in [0.2, 0.25) is 4.96 Å². The van der Waals surface area contributed by atoms with E-state index in [0.717, 1.165) is 21.5 Å². The highest BCUT2D eigenvalue weighted by atomic mass is 32.1. The van der Waals surface area contributed by atoms with Crippen LogP contribution in [0, 0.1) is 0 Å². The lowest BCUT2D eigenvalue weighted by atomic mass is 9.85. The van der Waals surface area contributed by atoms with Crippen molar-refractivity contribution in [1.82, 2.24) is 19.8 Å². The second-order valence-electron chi connectivity index (χ2n) is 6.06. The van der Waals surface area contributed by atoms with E-state index in [-0.39, 0.29) is 5.41 Å². The summed E-state index contributed by atoms with van der Waals surface area (Å²) in [5, 5.41) is 14.2. The molecule has 0 aliphatic heterocycles. The van der Waals surface area contributed by atoms with Gasteiger partial charge in [0.1, 0.15) is 5.01 Å². The Morgan fingerprint density at radius 1 is 1.14 bits per heavy atom. The van der Waals surface area contributed by atoms with Crippen molar-refractivity contribution in [2.45, 2.75) is 39.0 Å². The smallest absolute Gasteiger partial charge is 0.234 e. The van der Waals surface area contributed by atoms with E-state index in [9.17, 15) is 0 Å². The maximum Gasteiger partial charge on any atom is 0.234 e. The molecular formula is C15H19N5S. The van der Waals surface area contributed by atoms with E-state index in [0.29, 0.717) is 5.92 Å². The molecule has 0 aliphatic carbocycles. The number of fused-ring (bicyclic) bond motifs is 1. The van der Waals surface area contributed by atoms with Crippen LogP contribution in [0.4, 0.5) is 5.69 Å². The Balaban J connectivity index is 2.08. The molecule has 0 radical (unpaired) electrons. The highest BCUT2D eigenvalue weighted by Crippen LogP contribution is 2.34. The van der Waals surface area contributed by atoms with Crippen LogP contribution < -0.4 is 5.73 Å². The molecule has 1 aromatic carbocycles. The van der Waals surface area contributed by atoms with Gasteiger partial charge in [0, 0.05) is 17.0 Å². The van der Waals surface area contributed by atoms with Crippen LogP contribution in [0.1, 0.15) is 50.0 Å². The van der Waals surface area contributed by atoms with Gasteiger partial charge >= 0.3 is 0 Å². The van der Waals surface area contributed by atoms with Crippen molar-refractivity contribution in [1.29, 1.82) is 0 Å². The minimum absolute atomic E-state index is 0.187. The average molecular weight is 301 g/mol. The molecule has 2 aromatic heterocycles. The number of nitrogens with two attached hydrogens (primary N) is 1. The molecule has 0 aliphatic rings. The third kappa shape index (κ3) is 2.29. The number of benzene rings is 1. The van der Waals surface area contributed by atoms with Gasteiger partial charge in [-0.2, -0.15) is 9.61 Å². The molecular weight excluding hydrogens is 282 g/mol. The fraction of sp³-hybridized carbons (Fsp3) is 0.400. The second-order valence-corrected chi connectivity index (χ2v) is 7.02. The van der Waals surface area contributed by atoms with E-state index in [1.807, 2.05) is 16.6 Å². The monoisotopic (exact) mass is 301 g/mol. The summed E-state index contributed by atoms with van der Waals surface area (Å²) in [4.78, 5) is 0.845. The highest BCUT2D eigenvalue weighted by Gasteiger charge is 2.28. The molecule has 5 nitrogen and oxygen atoms in total. The standard InChI is InChI=1S/C15H19N5S/c1-9(2)12-17-18-14-20(12)19-13(21-14)15(3,4)10-5-7-11(16)8-6-10/h5-9H,16H2,1-4H3. The number of rotatable bonds is 3. The number of aromatic nitrogens is 4. The van der Waals surface area contributed by atoms with Gasteiger partial charge in [-0.05, 0) is 31.5 Å². The first-order valence-electron chi connectivity index (χ1n) is 6.98. The van der Waals surface area contributed by atoms with E-state index in [1.54, 1.807) is 11.3 Å². The summed E-state index contributed by atoms with van der Waals surface area (Å²) in [7, 11) is 0. The normalized spacial score (nSPS) is 12.4. The number of anilines is 1. The predicted octanol–water partition coefficient (Wildman–Crippen LogP) is 3.22. The van der Waals surface area contributed by atoms with Crippen LogP contribution in [0.25, 0.3) is 4.96 Å². The van der Waals surface area contributed by atoms with Crippen LogP contribution in [0.15, 0.2) is 24.3 Å². The summed E-state index contributed by atoms with van der Waals surface area (Å²) >= 11 is 1.59. The van der Waals surface area contributed by atoms with Gasteiger partial charge < -0.3 is 5.73 Å². The maximum atomic E-state index is 5.77. The zero-order valence-corrected chi connectivity index (χ0v) is 13.5. The first-order chi connectivity index (χ1) is 9.89. The van der Waals surface area contributed by atoms with Gasteiger partial charge in [0.25, 0.3) is 0 Å². The lowest BCUT2D eigenvalue weighted by Crippen LogP contribution is -2.19. The molecule has 0 bridgehead atoms. The molecule has 3 rings (SSSR count). The van der Waals surface area contributed by atoms with Crippen LogP contribution in [-0.2, 0) is 5.41 Å². The van der Waals surface area contributed by atoms with Crippen molar-refractivity contribution >= 4 is 22.0 Å². The number of nitrogen functional groups attached to an aromatic ring is 1. The molecule has 2 N–H and O–H groups in total. The van der Waals surface area contributed by atoms with Gasteiger partial charge in [-0.15, -0.1) is 10.2 Å². The summed E-state index contributed by atoms with van der Waals surface area (Å²) in [6.45, 7) is 8.53. The fourth-order valence-corrected chi connectivity index (χ4v) is 3.24. The Morgan fingerprint density at radius 3 is 2.43 bits per heavy atom. The van der Waals surface area contributed by atoms with Crippen molar-refractivity contribution in [3.8, 4) is 0 Å². The fourth-order valence-electron chi connectivity index (χ4n) is 2.27. The average Bonchev–Trinajstić information content (AvgIpc) is 2.98. The minimum Gasteiger partial charge on any atom is -0.399 e. The minimum atomic E-state index is -0.187. The number of hydrogen-bond donors (Lipinski definition) is 1. The molecule has 0 unspecified atom stereocenters. The largest absolute Gasteiger partial charge is 0.399 e. The summed E-state index contributed by atoms with van der Waals surface area (Å²) in [5.74, 6) is 1.20. The van der Waals surface area contributed by atoms with Gasteiger partial charge in [-0.1, -0.05) is 37.3 Å². The zero-order valence-electron chi connectivity index (χ0n) is 12.7. The molecule has 0 saturated carbocycles. The summed E-state index contributed by atoms with van der Waals surface area (Å²) < 4.78 is 1.86. The molecule has 0 saturated heterocycles. The Bertz CT molecular complexity index is 767. The van der Waals surface area contributed by atoms with E-state index < -0.39 is 0 Å². The molecule has 0 amide bonds. The summed E-state index contributed by atoms with van der Waals surface area (Å²) in [5.41, 5.74) is 7.54. The quantitative estimate of drug-likeness (QED) is 0.754. The van der Waals surface area contributed by atoms with Crippen LogP contribution >= 0.6 is 11.3 Å². The first-order valence-corrected chi connectivity index (χ1v) is 7.80. The van der Waals surface area contributed by atoms with Gasteiger partial charge in [-0.25, -0.2) is 0 Å².